The van der Waals surface area contributed by atoms with Gasteiger partial charge in [0.1, 0.15) is 0 Å². The van der Waals surface area contributed by atoms with Crippen LogP contribution < -0.4 is 0 Å². The number of benzene rings is 3. The fourth-order valence-electron chi connectivity index (χ4n) is 3.62. The number of nitrogens with one attached hydrogen (secondary N) is 1. The molecule has 5 heteroatoms. The highest BCUT2D eigenvalue weighted by Gasteiger charge is 2.31. The third-order valence-corrected chi connectivity index (χ3v) is 5.12. The van der Waals surface area contributed by atoms with Crippen LogP contribution in [0, 0.1) is 0 Å². The first-order valence-electron chi connectivity index (χ1n) is 9.25. The molecule has 0 aliphatic rings. The number of para-hydroxylation sites is 1. The Morgan fingerprint density at radius 2 is 1.52 bits per heavy atom. The van der Waals surface area contributed by atoms with Crippen molar-refractivity contribution in [3.63, 3.8) is 0 Å². The van der Waals surface area contributed by atoms with E-state index in [9.17, 15) is 18.0 Å². The Labute approximate surface area is 166 Å². The summed E-state index contributed by atoms with van der Waals surface area (Å²) < 4.78 is 38.9. The summed E-state index contributed by atoms with van der Waals surface area (Å²) in [4.78, 5) is 16.1. The van der Waals surface area contributed by atoms with Gasteiger partial charge in [-0.05, 0) is 29.3 Å². The zero-order valence-corrected chi connectivity index (χ0v) is 15.4. The normalized spacial score (nSPS) is 12.8. The second kappa shape index (κ2) is 7.59. The minimum absolute atomic E-state index is 0.0548. The minimum Gasteiger partial charge on any atom is -0.361 e. The molecule has 0 radical (unpaired) electrons. The molecule has 1 N–H and O–H groups in total. The smallest absolute Gasteiger partial charge is 0.361 e. The van der Waals surface area contributed by atoms with Crippen molar-refractivity contribution < 1.29 is 18.0 Å². The van der Waals surface area contributed by atoms with Crippen LogP contribution in [0.15, 0.2) is 85.1 Å². The first-order chi connectivity index (χ1) is 13.9. The molecule has 3 aromatic carbocycles. The van der Waals surface area contributed by atoms with Crippen LogP contribution >= 0.6 is 0 Å². The maximum Gasteiger partial charge on any atom is 0.416 e. The molecule has 0 saturated carbocycles. The summed E-state index contributed by atoms with van der Waals surface area (Å²) in [7, 11) is 0. The number of Topliss-reactive ketones (excluding diaryl/α,β-unsaturated/α-hetero) is 1. The molecule has 0 spiro atoms. The lowest BCUT2D eigenvalue weighted by Gasteiger charge is -2.18. The fraction of sp³-hybridized carbons (Fsp3) is 0.125. The molecular weight excluding hydrogens is 375 g/mol. The highest BCUT2D eigenvalue weighted by Crippen LogP contribution is 2.36. The van der Waals surface area contributed by atoms with Crippen LogP contribution in [0.5, 0.6) is 0 Å². The maximum atomic E-state index is 13.0. The van der Waals surface area contributed by atoms with Gasteiger partial charge in [0.25, 0.3) is 0 Å². The summed E-state index contributed by atoms with van der Waals surface area (Å²) in [6.45, 7) is 0. The van der Waals surface area contributed by atoms with Gasteiger partial charge in [-0.3, -0.25) is 4.79 Å². The van der Waals surface area contributed by atoms with Crippen molar-refractivity contribution in [2.24, 2.45) is 0 Å². The van der Waals surface area contributed by atoms with Crippen molar-refractivity contribution in [3.8, 4) is 0 Å². The molecule has 1 aromatic heterocycles. The molecule has 1 unspecified atom stereocenters. The SMILES string of the molecule is O=C(CC(c1ccc(C(F)(F)F)cc1)c1c[nH]c2ccccc12)c1ccccc1. The molecule has 0 aliphatic carbocycles. The van der Waals surface area contributed by atoms with E-state index < -0.39 is 11.7 Å². The van der Waals surface area contributed by atoms with Gasteiger partial charge in [0.2, 0.25) is 0 Å². The number of ketones is 1. The standard InChI is InChI=1S/C24H18F3NO/c25-24(26,27)18-12-10-16(11-13-18)20(14-23(29)17-6-2-1-3-7-17)21-15-28-22-9-5-4-8-19(21)22/h1-13,15,20,28H,14H2. The zero-order chi connectivity index (χ0) is 20.4. The molecule has 0 saturated heterocycles. The molecule has 0 aliphatic heterocycles. The van der Waals surface area contributed by atoms with E-state index >= 15 is 0 Å². The zero-order valence-electron chi connectivity index (χ0n) is 15.4. The number of hydrogen-bond acceptors (Lipinski definition) is 1. The number of aromatic amines is 1. The number of rotatable bonds is 5. The van der Waals surface area contributed by atoms with E-state index in [1.165, 1.54) is 12.1 Å². The van der Waals surface area contributed by atoms with E-state index in [1.807, 2.05) is 36.5 Å². The minimum atomic E-state index is -4.39. The molecule has 29 heavy (non-hydrogen) atoms. The van der Waals surface area contributed by atoms with Crippen LogP contribution in [0.4, 0.5) is 13.2 Å². The maximum absolute atomic E-state index is 13.0. The second-order valence-corrected chi connectivity index (χ2v) is 6.96. The summed E-state index contributed by atoms with van der Waals surface area (Å²) in [6.07, 6.45) is -2.39. The molecule has 0 fully saturated rings. The number of carbonyl (C=O) groups excluding carboxylic acids is 1. The van der Waals surface area contributed by atoms with E-state index in [-0.39, 0.29) is 18.1 Å². The Bertz CT molecular complexity index is 1130. The average molecular weight is 393 g/mol. The van der Waals surface area contributed by atoms with Crippen LogP contribution in [-0.2, 0) is 6.18 Å². The molecule has 1 heterocycles. The van der Waals surface area contributed by atoms with Crippen molar-refractivity contribution in [3.05, 3.63) is 107 Å². The highest BCUT2D eigenvalue weighted by molar-refractivity contribution is 5.97. The van der Waals surface area contributed by atoms with Crippen molar-refractivity contribution in [1.82, 2.24) is 4.98 Å². The quantitative estimate of drug-likeness (QED) is 0.381. The molecule has 4 aromatic rings. The summed E-state index contributed by atoms with van der Waals surface area (Å²) in [5.41, 5.74) is 2.38. The van der Waals surface area contributed by atoms with Crippen LogP contribution in [0.25, 0.3) is 10.9 Å². The third-order valence-electron chi connectivity index (χ3n) is 5.12. The monoisotopic (exact) mass is 393 g/mol. The lowest BCUT2D eigenvalue weighted by Crippen LogP contribution is -2.10. The van der Waals surface area contributed by atoms with Crippen molar-refractivity contribution in [2.75, 3.05) is 0 Å². The summed E-state index contributed by atoms with van der Waals surface area (Å²) in [6, 6.07) is 21.7. The van der Waals surface area contributed by atoms with E-state index in [2.05, 4.69) is 4.98 Å². The topological polar surface area (TPSA) is 32.9 Å². The van der Waals surface area contributed by atoms with Gasteiger partial charge >= 0.3 is 6.18 Å². The predicted octanol–water partition coefficient (Wildman–Crippen LogP) is 6.59. The average Bonchev–Trinajstić information content (AvgIpc) is 3.16. The Balaban J connectivity index is 1.76. The molecular formula is C24H18F3NO. The van der Waals surface area contributed by atoms with Crippen molar-refractivity contribution in [1.29, 1.82) is 0 Å². The highest BCUT2D eigenvalue weighted by atomic mass is 19.4. The second-order valence-electron chi connectivity index (χ2n) is 6.96. The summed E-state index contributed by atoms with van der Waals surface area (Å²) in [5.74, 6) is -0.415. The van der Waals surface area contributed by atoms with Crippen LogP contribution in [0.1, 0.15) is 39.4 Å². The van der Waals surface area contributed by atoms with Crippen LogP contribution in [-0.4, -0.2) is 10.8 Å². The van der Waals surface area contributed by atoms with Gasteiger partial charge in [-0.15, -0.1) is 0 Å². The Hall–Kier alpha value is -3.34. The van der Waals surface area contributed by atoms with E-state index in [1.54, 1.807) is 24.3 Å². The van der Waals surface area contributed by atoms with Gasteiger partial charge in [0, 0.05) is 35.0 Å². The van der Waals surface area contributed by atoms with E-state index in [0.717, 1.165) is 28.6 Å². The van der Waals surface area contributed by atoms with Gasteiger partial charge in [0.05, 0.1) is 5.56 Å². The fourth-order valence-corrected chi connectivity index (χ4v) is 3.62. The molecule has 4 rings (SSSR count). The van der Waals surface area contributed by atoms with Crippen LogP contribution in [0.3, 0.4) is 0 Å². The lowest BCUT2D eigenvalue weighted by atomic mass is 9.85. The Morgan fingerprint density at radius 3 is 2.21 bits per heavy atom. The predicted molar refractivity (Wildman–Crippen MR) is 107 cm³/mol. The summed E-state index contributed by atoms with van der Waals surface area (Å²) in [5, 5.41) is 0.957. The Kier molecular flexibility index (Phi) is 4.97. The molecule has 146 valence electrons. The van der Waals surface area contributed by atoms with Gasteiger partial charge < -0.3 is 4.98 Å². The molecule has 2 nitrogen and oxygen atoms in total. The first-order valence-corrected chi connectivity index (χ1v) is 9.25. The number of fused-ring (bicyclic) bond motifs is 1. The van der Waals surface area contributed by atoms with Gasteiger partial charge in [-0.25, -0.2) is 0 Å². The molecule has 1 atom stereocenters. The van der Waals surface area contributed by atoms with Crippen LogP contribution in [0.2, 0.25) is 0 Å². The van der Waals surface area contributed by atoms with Gasteiger partial charge in [-0.1, -0.05) is 60.7 Å². The number of hydrogen-bond donors (Lipinski definition) is 1. The molecule has 0 bridgehead atoms. The Morgan fingerprint density at radius 1 is 0.862 bits per heavy atom. The van der Waals surface area contributed by atoms with Gasteiger partial charge in [0.15, 0.2) is 5.78 Å². The summed E-state index contributed by atoms with van der Waals surface area (Å²) >= 11 is 0. The molecule has 0 amide bonds. The van der Waals surface area contributed by atoms with E-state index in [0.29, 0.717) is 11.1 Å². The number of carbonyl (C=O) groups is 1. The first kappa shape index (κ1) is 19.0. The van der Waals surface area contributed by atoms with Crippen molar-refractivity contribution in [2.45, 2.75) is 18.5 Å². The van der Waals surface area contributed by atoms with E-state index in [4.69, 9.17) is 0 Å². The largest absolute Gasteiger partial charge is 0.416 e. The number of halogens is 3. The number of aromatic nitrogens is 1. The van der Waals surface area contributed by atoms with Gasteiger partial charge in [-0.2, -0.15) is 13.2 Å². The van der Waals surface area contributed by atoms with Crippen molar-refractivity contribution >= 4 is 16.7 Å². The number of alkyl halides is 3. The number of H-pyrrole nitrogens is 1. The lowest BCUT2D eigenvalue weighted by molar-refractivity contribution is -0.137. The third kappa shape index (κ3) is 3.94.